The fourth-order valence-corrected chi connectivity index (χ4v) is 3.80. The summed E-state index contributed by atoms with van der Waals surface area (Å²) in [6, 6.07) is 8.49. The van der Waals surface area contributed by atoms with E-state index < -0.39 is 8.80 Å². The Kier molecular flexibility index (Phi) is 8.70. The van der Waals surface area contributed by atoms with E-state index in [1.165, 1.54) is 6.08 Å². The summed E-state index contributed by atoms with van der Waals surface area (Å²) in [5, 5.41) is 0. The van der Waals surface area contributed by atoms with Crippen LogP contribution in [0.25, 0.3) is 6.08 Å². The molecule has 0 aliphatic carbocycles. The van der Waals surface area contributed by atoms with Crippen LogP contribution < -0.4 is 4.90 Å². The van der Waals surface area contributed by atoms with E-state index in [2.05, 4.69) is 0 Å². The summed E-state index contributed by atoms with van der Waals surface area (Å²) in [5.74, 6) is -0.369. The first-order valence-corrected chi connectivity index (χ1v) is 9.67. The van der Waals surface area contributed by atoms with Crippen LogP contribution in [0.5, 0.6) is 0 Å². The highest BCUT2D eigenvalue weighted by molar-refractivity contribution is 6.60. The van der Waals surface area contributed by atoms with Gasteiger partial charge in [0.15, 0.2) is 0 Å². The van der Waals surface area contributed by atoms with Crippen LogP contribution in [0.15, 0.2) is 30.3 Å². The van der Waals surface area contributed by atoms with Crippen molar-refractivity contribution in [1.82, 2.24) is 0 Å². The average Bonchev–Trinajstić information content (AvgIpc) is 2.61. The van der Waals surface area contributed by atoms with Crippen LogP contribution in [0.2, 0.25) is 6.04 Å². The van der Waals surface area contributed by atoms with Gasteiger partial charge in [-0.25, -0.2) is 4.79 Å². The molecule has 0 fully saturated rings. The molecular formula is C17H27NO5Si. The average molecular weight is 353 g/mol. The van der Waals surface area contributed by atoms with Crippen LogP contribution in [0.3, 0.4) is 0 Å². The van der Waals surface area contributed by atoms with Crippen molar-refractivity contribution in [1.29, 1.82) is 0 Å². The molecule has 0 aliphatic rings. The molecule has 0 amide bonds. The monoisotopic (exact) mass is 353 g/mol. The van der Waals surface area contributed by atoms with Crippen LogP contribution in [0.1, 0.15) is 12.0 Å². The molecule has 0 radical (unpaired) electrons. The summed E-state index contributed by atoms with van der Waals surface area (Å²) in [5.41, 5.74) is 2.05. The predicted molar refractivity (Wildman–Crippen MR) is 97.0 cm³/mol. The first kappa shape index (κ1) is 20.4. The van der Waals surface area contributed by atoms with E-state index in [1.54, 1.807) is 27.4 Å². The van der Waals surface area contributed by atoms with E-state index in [9.17, 15) is 4.79 Å². The minimum Gasteiger partial charge on any atom is -0.463 e. The van der Waals surface area contributed by atoms with Gasteiger partial charge < -0.3 is 22.9 Å². The van der Waals surface area contributed by atoms with Crippen molar-refractivity contribution in [2.45, 2.75) is 12.5 Å². The number of carbonyl (C=O) groups is 1. The van der Waals surface area contributed by atoms with Gasteiger partial charge in [-0.15, -0.1) is 0 Å². The Morgan fingerprint density at radius 2 is 1.67 bits per heavy atom. The van der Waals surface area contributed by atoms with Gasteiger partial charge in [0, 0.05) is 53.2 Å². The molecule has 134 valence electrons. The molecule has 1 aromatic carbocycles. The van der Waals surface area contributed by atoms with Gasteiger partial charge in [-0.2, -0.15) is 0 Å². The van der Waals surface area contributed by atoms with Gasteiger partial charge in [-0.05, 0) is 30.2 Å². The number of ether oxygens (including phenoxy) is 1. The van der Waals surface area contributed by atoms with Crippen LogP contribution >= 0.6 is 0 Å². The lowest BCUT2D eigenvalue weighted by Gasteiger charge is -2.23. The summed E-state index contributed by atoms with van der Waals surface area (Å²) in [4.78, 5) is 13.7. The molecule has 0 spiro atoms. The normalized spacial score (nSPS) is 11.7. The number of benzene rings is 1. The van der Waals surface area contributed by atoms with Crippen LogP contribution in [-0.2, 0) is 22.8 Å². The summed E-state index contributed by atoms with van der Waals surface area (Å²) in [6.45, 7) is 0.299. The van der Waals surface area contributed by atoms with Crippen molar-refractivity contribution in [3.63, 3.8) is 0 Å². The SMILES string of the molecule is CO[Si](CCCOC(=O)C=Cc1ccc(N(C)C)cc1)(OC)OC. The second kappa shape index (κ2) is 10.2. The first-order chi connectivity index (χ1) is 11.5. The highest BCUT2D eigenvalue weighted by Crippen LogP contribution is 2.15. The number of esters is 1. The second-order valence-corrected chi connectivity index (χ2v) is 8.48. The molecule has 7 heteroatoms. The maximum atomic E-state index is 11.7. The van der Waals surface area contributed by atoms with Gasteiger partial charge in [0.05, 0.1) is 6.61 Å². The molecule has 0 unspecified atom stereocenters. The van der Waals surface area contributed by atoms with E-state index >= 15 is 0 Å². The number of anilines is 1. The third-order valence-corrected chi connectivity index (χ3v) is 6.46. The molecule has 0 heterocycles. The minimum atomic E-state index is -2.59. The summed E-state index contributed by atoms with van der Waals surface area (Å²) < 4.78 is 21.1. The second-order valence-electron chi connectivity index (χ2n) is 5.39. The third kappa shape index (κ3) is 6.44. The number of rotatable bonds is 10. The molecule has 1 aromatic rings. The van der Waals surface area contributed by atoms with Gasteiger partial charge >= 0.3 is 14.8 Å². The van der Waals surface area contributed by atoms with E-state index in [4.69, 9.17) is 18.0 Å². The van der Waals surface area contributed by atoms with Gasteiger partial charge in [0.2, 0.25) is 0 Å². The molecule has 0 saturated carbocycles. The topological polar surface area (TPSA) is 57.2 Å². The molecule has 24 heavy (non-hydrogen) atoms. The molecule has 0 bridgehead atoms. The molecule has 0 aromatic heterocycles. The van der Waals surface area contributed by atoms with Crippen molar-refractivity contribution in [2.24, 2.45) is 0 Å². The lowest BCUT2D eigenvalue weighted by atomic mass is 10.2. The zero-order valence-corrected chi connectivity index (χ0v) is 16.1. The molecule has 0 aliphatic heterocycles. The Morgan fingerprint density at radius 3 is 2.17 bits per heavy atom. The van der Waals surface area contributed by atoms with Crippen LogP contribution in [0.4, 0.5) is 5.69 Å². The number of carbonyl (C=O) groups excluding carboxylic acids is 1. The van der Waals surface area contributed by atoms with Gasteiger partial charge in [0.1, 0.15) is 0 Å². The fourth-order valence-electron chi connectivity index (χ4n) is 2.11. The molecule has 0 saturated heterocycles. The maximum absolute atomic E-state index is 11.7. The van der Waals surface area contributed by atoms with Crippen molar-refractivity contribution >= 4 is 26.5 Å². The number of hydrogen-bond acceptors (Lipinski definition) is 6. The van der Waals surface area contributed by atoms with Gasteiger partial charge in [-0.1, -0.05) is 12.1 Å². The Bertz CT molecular complexity index is 518. The minimum absolute atomic E-state index is 0.299. The van der Waals surface area contributed by atoms with Gasteiger partial charge in [0.25, 0.3) is 0 Å². The van der Waals surface area contributed by atoms with E-state index in [0.717, 1.165) is 11.3 Å². The molecular weight excluding hydrogens is 326 g/mol. The van der Waals surface area contributed by atoms with Crippen molar-refractivity contribution in [2.75, 3.05) is 46.9 Å². The number of hydrogen-bond donors (Lipinski definition) is 0. The summed E-state index contributed by atoms with van der Waals surface area (Å²) in [6.07, 6.45) is 3.79. The Balaban J connectivity index is 2.38. The van der Waals surface area contributed by atoms with E-state index in [1.807, 2.05) is 43.3 Å². The Morgan fingerprint density at radius 1 is 1.08 bits per heavy atom. The Hall–Kier alpha value is -1.67. The Labute approximate surface area is 145 Å². The predicted octanol–water partition coefficient (Wildman–Crippen LogP) is 2.58. The van der Waals surface area contributed by atoms with E-state index in [0.29, 0.717) is 19.1 Å². The zero-order chi connectivity index (χ0) is 18.0. The first-order valence-electron chi connectivity index (χ1n) is 7.74. The standard InChI is InChI=1S/C17H27NO5Si/c1-18(2)16-10-7-15(8-11-16)9-12-17(19)23-13-6-14-24(20-3,21-4)22-5/h7-12H,6,13-14H2,1-5H3. The number of nitrogens with zero attached hydrogens (tertiary/aromatic N) is 1. The third-order valence-electron chi connectivity index (χ3n) is 3.63. The molecule has 1 rings (SSSR count). The van der Waals surface area contributed by atoms with Gasteiger partial charge in [-0.3, -0.25) is 0 Å². The summed E-state index contributed by atoms with van der Waals surface area (Å²) in [7, 11) is 6.07. The lowest BCUT2D eigenvalue weighted by Crippen LogP contribution is -2.42. The quantitative estimate of drug-likeness (QED) is 0.279. The maximum Gasteiger partial charge on any atom is 0.500 e. The van der Waals surface area contributed by atoms with Crippen molar-refractivity contribution in [3.05, 3.63) is 35.9 Å². The van der Waals surface area contributed by atoms with Crippen LogP contribution in [0, 0.1) is 0 Å². The van der Waals surface area contributed by atoms with E-state index in [-0.39, 0.29) is 5.97 Å². The fraction of sp³-hybridized carbons (Fsp3) is 0.471. The van der Waals surface area contributed by atoms with Crippen molar-refractivity contribution < 1.29 is 22.8 Å². The highest BCUT2D eigenvalue weighted by atomic mass is 28.4. The van der Waals surface area contributed by atoms with Crippen LogP contribution in [-0.4, -0.2) is 56.8 Å². The highest BCUT2D eigenvalue weighted by Gasteiger charge is 2.36. The molecule has 6 nitrogen and oxygen atoms in total. The molecule has 0 N–H and O–H groups in total. The lowest BCUT2D eigenvalue weighted by molar-refractivity contribution is -0.137. The zero-order valence-electron chi connectivity index (χ0n) is 15.1. The smallest absolute Gasteiger partial charge is 0.463 e. The largest absolute Gasteiger partial charge is 0.500 e. The summed E-state index contributed by atoms with van der Waals surface area (Å²) >= 11 is 0. The van der Waals surface area contributed by atoms with Crippen molar-refractivity contribution in [3.8, 4) is 0 Å². The molecule has 0 atom stereocenters.